The Hall–Kier alpha value is 0.610. The Kier molecular flexibility index (Phi) is 3.87. The van der Waals surface area contributed by atoms with Crippen LogP contribution in [0.15, 0.2) is 10.6 Å². The van der Waals surface area contributed by atoms with E-state index in [2.05, 4.69) is 0 Å². The zero-order valence-electron chi connectivity index (χ0n) is 4.71. The van der Waals surface area contributed by atoms with Gasteiger partial charge in [0.1, 0.15) is 4.84 Å². The van der Waals surface area contributed by atoms with Crippen molar-refractivity contribution >= 4 is 34.8 Å². The highest BCUT2D eigenvalue weighted by Gasteiger charge is 2.02. The van der Waals surface area contributed by atoms with Crippen LogP contribution in [0.2, 0.25) is 0 Å². The van der Waals surface area contributed by atoms with Crippen LogP contribution in [0.1, 0.15) is 13.8 Å². The van der Waals surface area contributed by atoms with Gasteiger partial charge in [-0.05, 0) is 19.4 Å². The summed E-state index contributed by atoms with van der Waals surface area (Å²) in [4.78, 5) is -0.465. The van der Waals surface area contributed by atoms with Crippen LogP contribution in [0.25, 0.3) is 0 Å². The third-order valence-corrected chi connectivity index (χ3v) is 1.82. The molecule has 0 unspecified atom stereocenters. The van der Waals surface area contributed by atoms with E-state index in [1.165, 1.54) is 0 Å². The van der Waals surface area contributed by atoms with Gasteiger partial charge in [-0.2, -0.15) is 0 Å². The maximum Gasteiger partial charge on any atom is 0.129 e. The average Bonchev–Trinajstić information content (AvgIpc) is 1.64. The lowest BCUT2D eigenvalue weighted by atomic mass is 10.3. The molecule has 0 aliphatic carbocycles. The predicted molar refractivity (Wildman–Crippen MR) is 39.7 cm³/mol. The second-order valence-corrected chi connectivity index (χ2v) is 3.18. The molecule has 0 rings (SSSR count). The third-order valence-electron chi connectivity index (χ3n) is 0.871. The van der Waals surface area contributed by atoms with Crippen molar-refractivity contribution < 1.29 is 0 Å². The molecule has 0 heterocycles. The van der Waals surface area contributed by atoms with Crippen molar-refractivity contribution in [2.75, 3.05) is 0 Å². The average molecular weight is 173 g/mol. The summed E-state index contributed by atoms with van der Waals surface area (Å²) in [7, 11) is 0. The molecule has 0 aliphatic rings. The van der Waals surface area contributed by atoms with E-state index in [0.29, 0.717) is 5.03 Å². The zero-order chi connectivity index (χ0) is 6.73. The van der Waals surface area contributed by atoms with Gasteiger partial charge in [0.2, 0.25) is 0 Å². The summed E-state index contributed by atoms with van der Waals surface area (Å²) in [5.41, 5.74) is 0.815. The first-order valence-corrected chi connectivity index (χ1v) is 3.41. The van der Waals surface area contributed by atoms with Crippen molar-refractivity contribution in [1.29, 1.82) is 0 Å². The van der Waals surface area contributed by atoms with Gasteiger partial charge in [-0.3, -0.25) is 0 Å². The number of rotatable bonds is 1. The lowest BCUT2D eigenvalue weighted by Gasteiger charge is -1.99. The number of alkyl halides is 2. The normalized spacial score (nSPS) is 14.2. The summed E-state index contributed by atoms with van der Waals surface area (Å²) in [6, 6.07) is 0. The highest BCUT2D eigenvalue weighted by molar-refractivity contribution is 6.47. The molecule has 0 fully saturated rings. The topological polar surface area (TPSA) is 0 Å². The molecule has 0 radical (unpaired) electrons. The Morgan fingerprint density at radius 3 is 1.62 bits per heavy atom. The van der Waals surface area contributed by atoms with Gasteiger partial charge in [0.25, 0.3) is 0 Å². The van der Waals surface area contributed by atoms with Gasteiger partial charge < -0.3 is 0 Å². The first kappa shape index (κ1) is 8.61. The molecule has 8 heavy (non-hydrogen) atoms. The minimum atomic E-state index is -0.465. The molecule has 0 saturated carbocycles. The Balaban J connectivity index is 4.00. The Morgan fingerprint density at radius 2 is 1.62 bits per heavy atom. The fraction of sp³-hybridized carbons (Fsp3) is 0.600. The van der Waals surface area contributed by atoms with Crippen LogP contribution in [0.4, 0.5) is 0 Å². The number of halogens is 3. The molecule has 0 aliphatic heterocycles. The quantitative estimate of drug-likeness (QED) is 0.534. The molecule has 0 atom stereocenters. The molecule has 0 nitrogen and oxygen atoms in total. The molecule has 48 valence electrons. The maximum absolute atomic E-state index is 5.53. The smallest absolute Gasteiger partial charge is 0.100 e. The minimum Gasteiger partial charge on any atom is -0.100 e. The van der Waals surface area contributed by atoms with Crippen molar-refractivity contribution in [1.82, 2.24) is 0 Å². The Bertz CT molecular complexity index is 100. The molecular weight excluding hydrogens is 166 g/mol. The summed E-state index contributed by atoms with van der Waals surface area (Å²) in [6.07, 6.45) is 0. The first-order valence-electron chi connectivity index (χ1n) is 2.16. The van der Waals surface area contributed by atoms with Gasteiger partial charge in [0, 0.05) is 5.03 Å². The van der Waals surface area contributed by atoms with Gasteiger partial charge in [-0.1, -0.05) is 11.6 Å². The molecule has 3 heteroatoms. The largest absolute Gasteiger partial charge is 0.129 e. The van der Waals surface area contributed by atoms with Crippen molar-refractivity contribution in [3.8, 4) is 0 Å². The summed E-state index contributed by atoms with van der Waals surface area (Å²) < 4.78 is 0. The van der Waals surface area contributed by atoms with Crippen molar-refractivity contribution in [3.63, 3.8) is 0 Å². The highest BCUT2D eigenvalue weighted by atomic mass is 35.5. The van der Waals surface area contributed by atoms with Crippen LogP contribution in [-0.4, -0.2) is 4.84 Å². The van der Waals surface area contributed by atoms with E-state index in [0.717, 1.165) is 5.57 Å². The molecular formula is C5H7Cl3. The van der Waals surface area contributed by atoms with E-state index >= 15 is 0 Å². The van der Waals surface area contributed by atoms with E-state index in [-0.39, 0.29) is 0 Å². The standard InChI is InChI=1S/C5H7Cl3/c1-3(4(2)6)5(7)8/h5H,1-2H3/b4-3-. The van der Waals surface area contributed by atoms with Crippen LogP contribution in [0.3, 0.4) is 0 Å². The lowest BCUT2D eigenvalue weighted by Crippen LogP contribution is -1.88. The highest BCUT2D eigenvalue weighted by Crippen LogP contribution is 2.19. The molecule has 0 aromatic carbocycles. The number of hydrogen-bond donors (Lipinski definition) is 0. The van der Waals surface area contributed by atoms with Gasteiger partial charge in [-0.25, -0.2) is 0 Å². The summed E-state index contributed by atoms with van der Waals surface area (Å²) in [5, 5.41) is 0.667. The second-order valence-electron chi connectivity index (χ2n) is 1.52. The fourth-order valence-corrected chi connectivity index (χ4v) is 0.698. The van der Waals surface area contributed by atoms with E-state index in [1.54, 1.807) is 13.8 Å². The molecule has 0 bridgehead atoms. The van der Waals surface area contributed by atoms with Crippen LogP contribution < -0.4 is 0 Å². The molecule has 0 N–H and O–H groups in total. The van der Waals surface area contributed by atoms with Crippen LogP contribution in [0.5, 0.6) is 0 Å². The third kappa shape index (κ3) is 2.81. The molecule has 0 amide bonds. The van der Waals surface area contributed by atoms with Crippen molar-refractivity contribution in [3.05, 3.63) is 10.6 Å². The van der Waals surface area contributed by atoms with Gasteiger partial charge in [0.05, 0.1) is 0 Å². The molecule has 0 aromatic heterocycles. The van der Waals surface area contributed by atoms with Crippen LogP contribution >= 0.6 is 34.8 Å². The Labute approximate surface area is 64.4 Å². The summed E-state index contributed by atoms with van der Waals surface area (Å²) >= 11 is 16.4. The van der Waals surface area contributed by atoms with Crippen LogP contribution in [0, 0.1) is 0 Å². The van der Waals surface area contributed by atoms with Gasteiger partial charge in [-0.15, -0.1) is 23.2 Å². The summed E-state index contributed by atoms with van der Waals surface area (Å²) in [5.74, 6) is 0. The van der Waals surface area contributed by atoms with Crippen molar-refractivity contribution in [2.45, 2.75) is 18.7 Å². The van der Waals surface area contributed by atoms with Crippen molar-refractivity contribution in [2.24, 2.45) is 0 Å². The van der Waals surface area contributed by atoms with E-state index < -0.39 is 4.84 Å². The molecule has 0 aromatic rings. The second kappa shape index (κ2) is 3.60. The SMILES string of the molecule is C/C(Cl)=C(\C)C(Cl)Cl. The lowest BCUT2D eigenvalue weighted by molar-refractivity contribution is 1.28. The van der Waals surface area contributed by atoms with Crippen LogP contribution in [-0.2, 0) is 0 Å². The fourth-order valence-electron chi connectivity index (χ4n) is 0.150. The molecule has 0 saturated heterocycles. The predicted octanol–water partition coefficient (Wildman–Crippen LogP) is 3.32. The van der Waals surface area contributed by atoms with E-state index in [9.17, 15) is 0 Å². The Morgan fingerprint density at radius 1 is 1.25 bits per heavy atom. The van der Waals surface area contributed by atoms with E-state index in [4.69, 9.17) is 34.8 Å². The minimum absolute atomic E-state index is 0.465. The number of hydrogen-bond acceptors (Lipinski definition) is 0. The summed E-state index contributed by atoms with van der Waals surface area (Å²) in [6.45, 7) is 3.56. The van der Waals surface area contributed by atoms with Gasteiger partial charge >= 0.3 is 0 Å². The number of allylic oxidation sites excluding steroid dienone is 2. The maximum atomic E-state index is 5.53. The van der Waals surface area contributed by atoms with Gasteiger partial charge in [0.15, 0.2) is 0 Å². The monoisotopic (exact) mass is 172 g/mol. The first-order chi connectivity index (χ1) is 3.55. The molecule has 0 spiro atoms. The van der Waals surface area contributed by atoms with E-state index in [1.807, 2.05) is 0 Å². The zero-order valence-corrected chi connectivity index (χ0v) is 6.98.